The predicted octanol–water partition coefficient (Wildman–Crippen LogP) is 4.05. The molecule has 0 amide bonds. The molecule has 0 atom stereocenters. The third-order valence-corrected chi connectivity index (χ3v) is 4.54. The first kappa shape index (κ1) is 14.1. The Kier molecular flexibility index (Phi) is 4.23. The predicted molar refractivity (Wildman–Crippen MR) is 80.2 cm³/mol. The van der Waals surface area contributed by atoms with Crippen molar-refractivity contribution in [2.75, 3.05) is 0 Å². The number of nitrogens with zero attached hydrogens (tertiary/aromatic N) is 2. The van der Waals surface area contributed by atoms with E-state index in [0.717, 1.165) is 17.3 Å². The number of phenolic OH excluding ortho intramolecular Hbond substituents is 1. The van der Waals surface area contributed by atoms with Crippen molar-refractivity contribution in [2.24, 2.45) is 5.92 Å². The van der Waals surface area contributed by atoms with Gasteiger partial charge in [-0.1, -0.05) is 30.6 Å². The van der Waals surface area contributed by atoms with Gasteiger partial charge in [0.05, 0.1) is 6.42 Å². The van der Waals surface area contributed by atoms with Crippen molar-refractivity contribution in [3.63, 3.8) is 0 Å². The van der Waals surface area contributed by atoms with Gasteiger partial charge in [0, 0.05) is 5.92 Å². The summed E-state index contributed by atoms with van der Waals surface area (Å²) in [5, 5.41) is 13.6. The van der Waals surface area contributed by atoms with Gasteiger partial charge in [0.25, 0.3) is 0 Å². The molecule has 4 nitrogen and oxygen atoms in total. The van der Waals surface area contributed by atoms with Gasteiger partial charge < -0.3 is 9.63 Å². The minimum Gasteiger partial charge on any atom is -0.508 e. The molecule has 112 valence electrons. The zero-order chi connectivity index (χ0) is 14.7. The van der Waals surface area contributed by atoms with Crippen LogP contribution in [0.3, 0.4) is 0 Å². The molecule has 1 aliphatic carbocycles. The van der Waals surface area contributed by atoms with E-state index in [4.69, 9.17) is 4.52 Å². The maximum absolute atomic E-state index is 9.48. The molecule has 1 fully saturated rings. The number of aromatic hydroxyl groups is 1. The average molecular weight is 286 g/mol. The summed E-state index contributed by atoms with van der Waals surface area (Å²) in [7, 11) is 0. The fraction of sp³-hybridized carbons (Fsp3) is 0.529. The highest BCUT2D eigenvalue weighted by molar-refractivity contribution is 5.28. The molecule has 2 aromatic rings. The lowest BCUT2D eigenvalue weighted by atomic mass is 9.80. The molecule has 1 heterocycles. The molecule has 1 aromatic heterocycles. The van der Waals surface area contributed by atoms with Gasteiger partial charge in [-0.25, -0.2) is 0 Å². The van der Waals surface area contributed by atoms with E-state index in [9.17, 15) is 5.11 Å². The first-order valence-corrected chi connectivity index (χ1v) is 7.85. The molecule has 3 rings (SSSR count). The van der Waals surface area contributed by atoms with Crippen LogP contribution in [0.15, 0.2) is 28.8 Å². The van der Waals surface area contributed by atoms with Crippen molar-refractivity contribution in [3.05, 3.63) is 41.5 Å². The van der Waals surface area contributed by atoms with E-state index in [0.29, 0.717) is 18.2 Å². The van der Waals surface area contributed by atoms with Gasteiger partial charge in [-0.2, -0.15) is 4.98 Å². The molecule has 0 unspecified atom stereocenters. The van der Waals surface area contributed by atoms with Gasteiger partial charge in [-0.15, -0.1) is 0 Å². The Morgan fingerprint density at radius 2 is 2.05 bits per heavy atom. The van der Waals surface area contributed by atoms with Crippen molar-refractivity contribution < 1.29 is 9.63 Å². The van der Waals surface area contributed by atoms with Crippen molar-refractivity contribution in [3.8, 4) is 5.75 Å². The third-order valence-electron chi connectivity index (χ3n) is 4.54. The summed E-state index contributed by atoms with van der Waals surface area (Å²) < 4.78 is 5.37. The van der Waals surface area contributed by atoms with Crippen LogP contribution in [0, 0.1) is 5.92 Å². The largest absolute Gasteiger partial charge is 0.508 e. The first-order valence-electron chi connectivity index (χ1n) is 7.85. The highest BCUT2D eigenvalue weighted by atomic mass is 16.5. The van der Waals surface area contributed by atoms with E-state index in [1.807, 2.05) is 12.1 Å². The van der Waals surface area contributed by atoms with Crippen molar-refractivity contribution in [2.45, 2.75) is 51.4 Å². The van der Waals surface area contributed by atoms with E-state index in [2.05, 4.69) is 17.1 Å². The van der Waals surface area contributed by atoms with E-state index in [1.54, 1.807) is 12.1 Å². The number of hydrogen-bond acceptors (Lipinski definition) is 4. The molecule has 1 aromatic carbocycles. The SMILES string of the molecule is CCC1CCC(c2noc(Cc3cccc(O)c3)n2)CC1. The Balaban J connectivity index is 1.64. The van der Waals surface area contributed by atoms with Gasteiger partial charge in [0.1, 0.15) is 5.75 Å². The first-order chi connectivity index (χ1) is 10.2. The molecular formula is C17H22N2O2. The second-order valence-electron chi connectivity index (χ2n) is 6.02. The van der Waals surface area contributed by atoms with Crippen molar-refractivity contribution in [1.82, 2.24) is 10.1 Å². The Labute approximate surface area is 125 Å². The van der Waals surface area contributed by atoms with Crippen LogP contribution < -0.4 is 0 Å². The molecular weight excluding hydrogens is 264 g/mol. The van der Waals surface area contributed by atoms with Crippen molar-refractivity contribution >= 4 is 0 Å². The lowest BCUT2D eigenvalue weighted by Crippen LogP contribution is -2.13. The van der Waals surface area contributed by atoms with E-state index < -0.39 is 0 Å². The van der Waals surface area contributed by atoms with Gasteiger partial charge in [0.15, 0.2) is 5.82 Å². The minimum absolute atomic E-state index is 0.269. The second kappa shape index (κ2) is 6.29. The lowest BCUT2D eigenvalue weighted by molar-refractivity contribution is 0.303. The van der Waals surface area contributed by atoms with Crippen LogP contribution in [0.5, 0.6) is 5.75 Å². The van der Waals surface area contributed by atoms with Gasteiger partial charge in [0.2, 0.25) is 5.89 Å². The summed E-state index contributed by atoms with van der Waals surface area (Å²) in [4.78, 5) is 4.55. The summed E-state index contributed by atoms with van der Waals surface area (Å²) in [6.07, 6.45) is 6.75. The average Bonchev–Trinajstić information content (AvgIpc) is 2.96. The van der Waals surface area contributed by atoms with E-state index in [-0.39, 0.29) is 5.75 Å². The Morgan fingerprint density at radius 1 is 1.24 bits per heavy atom. The van der Waals surface area contributed by atoms with E-state index >= 15 is 0 Å². The van der Waals surface area contributed by atoms with Crippen LogP contribution in [0.4, 0.5) is 0 Å². The number of benzene rings is 1. The summed E-state index contributed by atoms with van der Waals surface area (Å²) in [6, 6.07) is 7.18. The quantitative estimate of drug-likeness (QED) is 0.921. The van der Waals surface area contributed by atoms with E-state index in [1.165, 1.54) is 32.1 Å². The van der Waals surface area contributed by atoms with Crippen LogP contribution in [0.1, 0.15) is 62.2 Å². The monoisotopic (exact) mass is 286 g/mol. The number of hydrogen-bond donors (Lipinski definition) is 1. The van der Waals surface area contributed by atoms with Crippen molar-refractivity contribution in [1.29, 1.82) is 0 Å². The maximum atomic E-state index is 9.48. The molecule has 4 heteroatoms. The fourth-order valence-corrected chi connectivity index (χ4v) is 3.18. The molecule has 0 bridgehead atoms. The number of aromatic nitrogens is 2. The number of phenols is 1. The normalized spacial score (nSPS) is 22.3. The van der Waals surface area contributed by atoms with Crippen LogP contribution >= 0.6 is 0 Å². The van der Waals surface area contributed by atoms with Gasteiger partial charge in [-0.3, -0.25) is 0 Å². The Hall–Kier alpha value is -1.84. The summed E-state index contributed by atoms with van der Waals surface area (Å²) in [5.74, 6) is 3.09. The van der Waals surface area contributed by atoms with Gasteiger partial charge in [-0.05, 0) is 49.3 Å². The fourth-order valence-electron chi connectivity index (χ4n) is 3.18. The molecule has 0 aliphatic heterocycles. The zero-order valence-electron chi connectivity index (χ0n) is 12.5. The summed E-state index contributed by atoms with van der Waals surface area (Å²) in [6.45, 7) is 2.27. The maximum Gasteiger partial charge on any atom is 0.231 e. The summed E-state index contributed by atoms with van der Waals surface area (Å²) >= 11 is 0. The zero-order valence-corrected chi connectivity index (χ0v) is 12.5. The smallest absolute Gasteiger partial charge is 0.231 e. The molecule has 1 saturated carbocycles. The molecule has 1 N–H and O–H groups in total. The van der Waals surface area contributed by atoms with Crippen LogP contribution in [0.25, 0.3) is 0 Å². The summed E-state index contributed by atoms with van der Waals surface area (Å²) in [5.41, 5.74) is 0.986. The van der Waals surface area contributed by atoms with Gasteiger partial charge >= 0.3 is 0 Å². The molecule has 0 saturated heterocycles. The molecule has 0 radical (unpaired) electrons. The Bertz CT molecular complexity index is 586. The standard InChI is InChI=1S/C17H22N2O2/c1-2-12-6-8-14(9-7-12)17-18-16(21-19-17)11-13-4-3-5-15(20)10-13/h3-5,10,12,14,20H,2,6-9,11H2,1H3. The Morgan fingerprint density at radius 3 is 2.76 bits per heavy atom. The molecule has 21 heavy (non-hydrogen) atoms. The highest BCUT2D eigenvalue weighted by Gasteiger charge is 2.25. The molecule has 1 aliphatic rings. The topological polar surface area (TPSA) is 59.2 Å². The van der Waals surface area contributed by atoms with Crippen LogP contribution in [0.2, 0.25) is 0 Å². The second-order valence-corrected chi connectivity index (χ2v) is 6.02. The van der Waals surface area contributed by atoms with Crippen LogP contribution in [-0.4, -0.2) is 15.2 Å². The molecule has 0 spiro atoms. The third kappa shape index (κ3) is 3.43. The minimum atomic E-state index is 0.269. The van der Waals surface area contributed by atoms with Crippen LogP contribution in [-0.2, 0) is 6.42 Å². The highest BCUT2D eigenvalue weighted by Crippen LogP contribution is 2.35. The lowest BCUT2D eigenvalue weighted by Gasteiger charge is -2.25. The number of rotatable bonds is 4.